The highest BCUT2D eigenvalue weighted by Crippen LogP contribution is 2.31. The second-order valence-electron chi connectivity index (χ2n) is 3.65. The van der Waals surface area contributed by atoms with Crippen molar-refractivity contribution in [3.8, 4) is 0 Å². The Hall–Kier alpha value is -1.30. The smallest absolute Gasteiger partial charge is 0.305 e. The van der Waals surface area contributed by atoms with Gasteiger partial charge in [0.05, 0.1) is 12.5 Å². The zero-order chi connectivity index (χ0) is 11.7. The molecular formula is C10H12N2O3S. The molecule has 0 aromatic carbocycles. The Morgan fingerprint density at radius 3 is 3.12 bits per heavy atom. The van der Waals surface area contributed by atoms with E-state index in [1.165, 1.54) is 22.4 Å². The van der Waals surface area contributed by atoms with E-state index in [4.69, 9.17) is 5.11 Å². The first kappa shape index (κ1) is 11.2. The van der Waals surface area contributed by atoms with Gasteiger partial charge in [0.1, 0.15) is 0 Å². The summed E-state index contributed by atoms with van der Waals surface area (Å²) >= 11 is 1.45. The molecule has 0 saturated carbocycles. The summed E-state index contributed by atoms with van der Waals surface area (Å²) in [6.07, 6.45) is 0.695. The van der Waals surface area contributed by atoms with Crippen LogP contribution in [0.4, 0.5) is 0 Å². The number of aliphatic carboxylic acids is 1. The summed E-state index contributed by atoms with van der Waals surface area (Å²) in [5, 5.41) is 9.39. The number of hydrogen-bond donors (Lipinski definition) is 1. The van der Waals surface area contributed by atoms with E-state index in [-0.39, 0.29) is 18.0 Å². The minimum Gasteiger partial charge on any atom is -0.481 e. The van der Waals surface area contributed by atoms with E-state index >= 15 is 0 Å². The number of aryl methyl sites for hydroxylation is 1. The summed E-state index contributed by atoms with van der Waals surface area (Å²) < 4.78 is 1.50. The molecule has 5 nitrogen and oxygen atoms in total. The summed E-state index contributed by atoms with van der Waals surface area (Å²) in [6.45, 7) is 1.94. The van der Waals surface area contributed by atoms with E-state index in [1.54, 1.807) is 0 Å². The lowest BCUT2D eigenvalue weighted by molar-refractivity contribution is -0.137. The second kappa shape index (κ2) is 4.29. The zero-order valence-electron chi connectivity index (χ0n) is 8.84. The topological polar surface area (TPSA) is 72.2 Å². The average molecular weight is 240 g/mol. The molecule has 16 heavy (non-hydrogen) atoms. The van der Waals surface area contributed by atoms with Gasteiger partial charge in [0.15, 0.2) is 5.16 Å². The maximum absolute atomic E-state index is 11.8. The van der Waals surface area contributed by atoms with E-state index < -0.39 is 5.97 Å². The Labute approximate surface area is 96.5 Å². The van der Waals surface area contributed by atoms with Crippen LogP contribution in [0.25, 0.3) is 0 Å². The number of rotatable bonds is 3. The van der Waals surface area contributed by atoms with Crippen LogP contribution in [0.5, 0.6) is 0 Å². The van der Waals surface area contributed by atoms with Gasteiger partial charge in [-0.3, -0.25) is 14.2 Å². The monoisotopic (exact) mass is 240 g/mol. The molecule has 0 saturated heterocycles. The average Bonchev–Trinajstić information content (AvgIpc) is 2.60. The van der Waals surface area contributed by atoms with Crippen LogP contribution in [0, 0.1) is 0 Å². The molecule has 86 valence electrons. The summed E-state index contributed by atoms with van der Waals surface area (Å²) in [6, 6.07) is 1.23. The zero-order valence-corrected chi connectivity index (χ0v) is 9.66. The van der Waals surface area contributed by atoms with Crippen LogP contribution in [0.2, 0.25) is 0 Å². The fourth-order valence-corrected chi connectivity index (χ4v) is 2.90. The van der Waals surface area contributed by atoms with Gasteiger partial charge in [-0.15, -0.1) is 0 Å². The molecule has 2 rings (SSSR count). The fraction of sp³-hybridized carbons (Fsp3) is 0.500. The van der Waals surface area contributed by atoms with E-state index in [1.807, 2.05) is 6.92 Å². The molecule has 0 spiro atoms. The van der Waals surface area contributed by atoms with Gasteiger partial charge in [-0.2, -0.15) is 0 Å². The predicted molar refractivity (Wildman–Crippen MR) is 59.9 cm³/mol. The lowest BCUT2D eigenvalue weighted by Gasteiger charge is -2.10. The first-order chi connectivity index (χ1) is 7.61. The first-order valence-corrected chi connectivity index (χ1v) is 6.07. The number of aromatic nitrogens is 2. The molecule has 0 bridgehead atoms. The Morgan fingerprint density at radius 2 is 2.50 bits per heavy atom. The quantitative estimate of drug-likeness (QED) is 0.796. The van der Waals surface area contributed by atoms with Crippen molar-refractivity contribution in [3.05, 3.63) is 22.1 Å². The molecule has 0 aliphatic carbocycles. The van der Waals surface area contributed by atoms with Crippen LogP contribution in [-0.2, 0) is 11.2 Å². The summed E-state index contributed by atoms with van der Waals surface area (Å²) in [7, 11) is 0. The van der Waals surface area contributed by atoms with Crippen LogP contribution in [0.3, 0.4) is 0 Å². The normalized spacial score (nSPS) is 18.4. The van der Waals surface area contributed by atoms with Crippen molar-refractivity contribution in [3.63, 3.8) is 0 Å². The standard InChI is InChI=1S/C10H12N2O3S/c1-2-6-3-8(13)12-7(4-9(14)15)5-16-10(12)11-6/h3,7H,2,4-5H2,1H3,(H,14,15)/t7-/m0/s1. The van der Waals surface area contributed by atoms with Crippen LogP contribution in [0.1, 0.15) is 25.1 Å². The molecule has 1 aromatic rings. The van der Waals surface area contributed by atoms with Gasteiger partial charge in [0, 0.05) is 17.5 Å². The molecule has 0 fully saturated rings. The van der Waals surface area contributed by atoms with Gasteiger partial charge in [-0.05, 0) is 6.42 Å². The van der Waals surface area contributed by atoms with E-state index in [9.17, 15) is 9.59 Å². The van der Waals surface area contributed by atoms with Crippen LogP contribution in [0.15, 0.2) is 16.0 Å². The molecule has 0 unspecified atom stereocenters. The molecule has 1 N–H and O–H groups in total. The van der Waals surface area contributed by atoms with Crippen LogP contribution >= 0.6 is 11.8 Å². The first-order valence-electron chi connectivity index (χ1n) is 5.09. The van der Waals surface area contributed by atoms with Gasteiger partial charge in [0.25, 0.3) is 5.56 Å². The van der Waals surface area contributed by atoms with Gasteiger partial charge in [-0.25, -0.2) is 4.98 Å². The number of fused-ring (bicyclic) bond motifs is 1. The second-order valence-corrected chi connectivity index (χ2v) is 4.64. The van der Waals surface area contributed by atoms with E-state index in [0.29, 0.717) is 17.3 Å². The highest BCUT2D eigenvalue weighted by Gasteiger charge is 2.27. The molecule has 2 heterocycles. The largest absolute Gasteiger partial charge is 0.481 e. The maximum atomic E-state index is 11.8. The molecule has 1 atom stereocenters. The predicted octanol–water partition coefficient (Wildman–Crippen LogP) is 0.927. The maximum Gasteiger partial charge on any atom is 0.305 e. The third-order valence-electron chi connectivity index (χ3n) is 2.52. The van der Waals surface area contributed by atoms with Crippen LogP contribution in [-0.4, -0.2) is 26.4 Å². The van der Waals surface area contributed by atoms with Gasteiger partial charge in [0.2, 0.25) is 0 Å². The third kappa shape index (κ3) is 1.97. The summed E-state index contributed by atoms with van der Waals surface area (Å²) in [5.41, 5.74) is 0.623. The van der Waals surface area contributed by atoms with Crippen LogP contribution < -0.4 is 5.56 Å². The number of carboxylic acid groups (broad SMARTS) is 1. The van der Waals surface area contributed by atoms with Crippen molar-refractivity contribution in [2.45, 2.75) is 31.0 Å². The van der Waals surface area contributed by atoms with Crippen molar-refractivity contribution >= 4 is 17.7 Å². The molecular weight excluding hydrogens is 228 g/mol. The van der Waals surface area contributed by atoms with Gasteiger partial charge < -0.3 is 5.11 Å². The molecule has 1 aliphatic rings. The number of carbonyl (C=O) groups is 1. The number of hydrogen-bond acceptors (Lipinski definition) is 4. The number of thioether (sulfide) groups is 1. The van der Waals surface area contributed by atoms with Crippen molar-refractivity contribution in [1.82, 2.24) is 9.55 Å². The number of carboxylic acids is 1. The lowest BCUT2D eigenvalue weighted by atomic mass is 10.2. The fourth-order valence-electron chi connectivity index (χ4n) is 1.73. The van der Waals surface area contributed by atoms with E-state index in [2.05, 4.69) is 4.98 Å². The molecule has 1 aliphatic heterocycles. The number of nitrogens with zero attached hydrogens (tertiary/aromatic N) is 2. The van der Waals surface area contributed by atoms with Gasteiger partial charge >= 0.3 is 5.97 Å². The minimum absolute atomic E-state index is 0.0208. The summed E-state index contributed by atoms with van der Waals surface area (Å²) in [4.78, 5) is 26.8. The van der Waals surface area contributed by atoms with Crippen molar-refractivity contribution in [2.24, 2.45) is 0 Å². The minimum atomic E-state index is -0.884. The Bertz CT molecular complexity index is 483. The summed E-state index contributed by atoms with van der Waals surface area (Å²) in [5.74, 6) is -0.272. The highest BCUT2D eigenvalue weighted by molar-refractivity contribution is 7.99. The van der Waals surface area contributed by atoms with E-state index in [0.717, 1.165) is 5.69 Å². The Balaban J connectivity index is 2.40. The molecule has 1 aromatic heterocycles. The highest BCUT2D eigenvalue weighted by atomic mass is 32.2. The van der Waals surface area contributed by atoms with Crippen molar-refractivity contribution < 1.29 is 9.90 Å². The molecule has 6 heteroatoms. The van der Waals surface area contributed by atoms with Gasteiger partial charge in [-0.1, -0.05) is 18.7 Å². The Morgan fingerprint density at radius 1 is 1.75 bits per heavy atom. The molecule has 0 amide bonds. The SMILES string of the molecule is CCc1cc(=O)n2c(n1)SC[C@@H]2CC(=O)O. The molecule has 0 radical (unpaired) electrons. The third-order valence-corrected chi connectivity index (χ3v) is 3.61. The lowest BCUT2D eigenvalue weighted by Crippen LogP contribution is -2.26. The van der Waals surface area contributed by atoms with Crippen molar-refractivity contribution in [2.75, 3.05) is 5.75 Å². The Kier molecular flexibility index (Phi) is 3.00. The van der Waals surface area contributed by atoms with Crippen molar-refractivity contribution in [1.29, 1.82) is 0 Å².